The lowest BCUT2D eigenvalue weighted by Crippen LogP contribution is -2.48. The zero-order valence-corrected chi connectivity index (χ0v) is 30.3. The molecule has 6 rings (SSSR count). The van der Waals surface area contributed by atoms with E-state index in [2.05, 4.69) is 20.8 Å². The predicted molar refractivity (Wildman–Crippen MR) is 186 cm³/mol. The summed E-state index contributed by atoms with van der Waals surface area (Å²) in [6, 6.07) is 10.1. The van der Waals surface area contributed by atoms with Crippen LogP contribution in [0.1, 0.15) is 24.9 Å². The van der Waals surface area contributed by atoms with Gasteiger partial charge in [0.15, 0.2) is 10.3 Å². The molecule has 0 atom stereocenters. The highest BCUT2D eigenvalue weighted by atomic mass is 32.2. The molecule has 0 spiro atoms. The molecule has 2 fully saturated rings. The Morgan fingerprint density at radius 2 is 1.18 bits per heavy atom. The summed E-state index contributed by atoms with van der Waals surface area (Å²) in [7, 11) is -7.07. The Labute approximate surface area is 301 Å². The average molecular weight is 785 g/mol. The zero-order valence-electron chi connectivity index (χ0n) is 27.1. The Balaban J connectivity index is 0.000000218. The first-order valence-electron chi connectivity index (χ1n) is 15.0. The molecule has 5 heterocycles. The molecule has 0 radical (unpaired) electrons. The van der Waals surface area contributed by atoms with Gasteiger partial charge in [0, 0.05) is 64.8 Å². The third-order valence-corrected chi connectivity index (χ3v) is 13.7. The molecule has 0 unspecified atom stereocenters. The number of hydroxylamine groups is 2. The molecule has 276 valence electrons. The van der Waals surface area contributed by atoms with E-state index in [1.807, 2.05) is 15.9 Å². The van der Waals surface area contributed by atoms with Crippen molar-refractivity contribution in [2.24, 2.45) is 5.90 Å². The summed E-state index contributed by atoms with van der Waals surface area (Å²) in [4.78, 5) is 39.8. The number of hydrogen-bond acceptors (Lipinski definition) is 17. The van der Waals surface area contributed by atoms with Gasteiger partial charge in [0.25, 0.3) is 11.8 Å². The number of nitrogens with one attached hydrogen (secondary N) is 2. The number of sulfonamides is 2. The smallest absolute Gasteiger partial charge is 0.286 e. The summed E-state index contributed by atoms with van der Waals surface area (Å²) < 4.78 is 53.6. The van der Waals surface area contributed by atoms with E-state index in [0.29, 0.717) is 72.4 Å². The molecular formula is C28H36N10O9S4. The first-order chi connectivity index (χ1) is 24.4. The highest BCUT2D eigenvalue weighted by Gasteiger charge is 2.31. The number of carbonyl (C=O) groups excluding carboxylic acids is 2. The van der Waals surface area contributed by atoms with E-state index >= 15 is 0 Å². The Kier molecular flexibility index (Phi) is 13.9. The normalized spacial score (nSPS) is 15.5. The number of nitrogens with zero attached hydrogens (tertiary/aromatic N) is 7. The molecule has 3 aromatic heterocycles. The average Bonchev–Trinajstić information content (AvgIpc) is 3.88. The monoisotopic (exact) mass is 784 g/mol. The number of anilines is 2. The number of thiazole rings is 2. The predicted octanol–water partition coefficient (Wildman–Crippen LogP) is 0.584. The van der Waals surface area contributed by atoms with Crippen LogP contribution >= 0.6 is 22.7 Å². The van der Waals surface area contributed by atoms with Crippen molar-refractivity contribution in [3.8, 4) is 0 Å². The second-order valence-electron chi connectivity index (χ2n) is 10.6. The topological polar surface area (TPSA) is 265 Å². The molecule has 0 saturated carbocycles. The van der Waals surface area contributed by atoms with Crippen LogP contribution in [0.5, 0.6) is 0 Å². The first-order valence-corrected chi connectivity index (χ1v) is 19.5. The zero-order chi connectivity index (χ0) is 37.2. The fraction of sp³-hybridized carbons (Fsp3) is 0.321. The van der Waals surface area contributed by atoms with Gasteiger partial charge in [-0.1, -0.05) is 40.9 Å². The van der Waals surface area contributed by atoms with E-state index in [1.54, 1.807) is 42.1 Å². The number of aromatic nitrogens is 3. The van der Waals surface area contributed by atoms with Gasteiger partial charge in [-0.15, -0.1) is 0 Å². The molecule has 2 aliphatic rings. The van der Waals surface area contributed by atoms with Crippen molar-refractivity contribution in [1.82, 2.24) is 34.5 Å². The fourth-order valence-corrected chi connectivity index (χ4v) is 9.76. The number of rotatable bonds is 8. The van der Waals surface area contributed by atoms with Gasteiger partial charge in [0.1, 0.15) is 14.6 Å². The number of pyridine rings is 1. The third-order valence-electron chi connectivity index (χ3n) is 7.64. The molecule has 7 N–H and O–H groups in total. The number of amides is 2. The van der Waals surface area contributed by atoms with Gasteiger partial charge in [0.05, 0.1) is 17.3 Å². The Morgan fingerprint density at radius 3 is 1.61 bits per heavy atom. The highest BCUT2D eigenvalue weighted by Crippen LogP contribution is 2.27. The molecule has 1 aromatic carbocycles. The van der Waals surface area contributed by atoms with Crippen LogP contribution in [0.3, 0.4) is 0 Å². The summed E-state index contributed by atoms with van der Waals surface area (Å²) in [5, 5.41) is 25.0. The summed E-state index contributed by atoms with van der Waals surface area (Å²) in [6.07, 6.45) is 5.63. The summed E-state index contributed by atoms with van der Waals surface area (Å²) in [5.74, 6) is 2.28. The molecule has 0 bridgehead atoms. The quantitative estimate of drug-likeness (QED) is 0.105. The van der Waals surface area contributed by atoms with E-state index < -0.39 is 31.9 Å². The van der Waals surface area contributed by atoms with Gasteiger partial charge < -0.3 is 15.0 Å². The van der Waals surface area contributed by atoms with Crippen LogP contribution in [0.25, 0.3) is 0 Å². The number of nitrogens with two attached hydrogens (primary N) is 1. The number of benzene rings is 1. The second kappa shape index (κ2) is 17.9. The summed E-state index contributed by atoms with van der Waals surface area (Å²) in [5.41, 5.74) is 3.86. The molecule has 0 aliphatic carbocycles. The lowest BCUT2D eigenvalue weighted by molar-refractivity contribution is 0.0706. The van der Waals surface area contributed by atoms with E-state index in [9.17, 15) is 26.4 Å². The number of aryl methyl sites for hydroxylation is 1. The van der Waals surface area contributed by atoms with Crippen LogP contribution in [0.15, 0.2) is 71.0 Å². The lowest BCUT2D eigenvalue weighted by Gasteiger charge is -2.34. The Bertz CT molecular complexity index is 1980. The molecule has 2 amide bonds. The van der Waals surface area contributed by atoms with Crippen molar-refractivity contribution >= 4 is 64.8 Å². The minimum absolute atomic E-state index is 0.176. The van der Waals surface area contributed by atoms with Gasteiger partial charge >= 0.3 is 0 Å². The largest absolute Gasteiger partial charge is 0.345 e. The highest BCUT2D eigenvalue weighted by molar-refractivity contribution is 7.89. The van der Waals surface area contributed by atoms with Crippen molar-refractivity contribution in [3.05, 3.63) is 76.5 Å². The lowest BCUT2D eigenvalue weighted by atomic mass is 10.2. The number of piperazine rings is 2. The van der Waals surface area contributed by atoms with Crippen LogP contribution in [0.4, 0.5) is 10.3 Å². The minimum Gasteiger partial charge on any atom is -0.345 e. The summed E-state index contributed by atoms with van der Waals surface area (Å²) >= 11 is 2.30. The maximum absolute atomic E-state index is 12.8. The van der Waals surface area contributed by atoms with Gasteiger partial charge in [-0.3, -0.25) is 25.0 Å². The Hall–Kier alpha value is -4.17. The summed E-state index contributed by atoms with van der Waals surface area (Å²) in [6.45, 7) is 5.01. The fourth-order valence-electron chi connectivity index (χ4n) is 5.02. The molecule has 2 saturated heterocycles. The number of hydrogen-bond donors (Lipinski definition) is 6. The number of carbonyl (C=O) groups is 2. The molecule has 19 nitrogen and oxygen atoms in total. The van der Waals surface area contributed by atoms with Gasteiger partial charge in [-0.25, -0.2) is 43.7 Å². The van der Waals surface area contributed by atoms with Crippen LogP contribution in [-0.2, 0) is 20.0 Å². The van der Waals surface area contributed by atoms with Gasteiger partial charge in [-0.05, 0) is 30.7 Å². The molecule has 23 heteroatoms. The van der Waals surface area contributed by atoms with E-state index in [0.717, 1.165) is 28.2 Å². The van der Waals surface area contributed by atoms with E-state index in [1.165, 1.54) is 39.5 Å². The van der Waals surface area contributed by atoms with Crippen LogP contribution < -0.4 is 26.7 Å². The maximum Gasteiger partial charge on any atom is 0.286 e. The van der Waals surface area contributed by atoms with Crippen LogP contribution in [0.2, 0.25) is 0 Å². The minimum atomic E-state index is -3.55. The van der Waals surface area contributed by atoms with E-state index in [-0.39, 0.29) is 9.77 Å². The third kappa shape index (κ3) is 9.39. The molecule has 51 heavy (non-hydrogen) atoms. The van der Waals surface area contributed by atoms with Crippen LogP contribution in [0, 0.1) is 6.92 Å². The standard InChI is InChI=1S/C15H18N4O4S2.C13H15N5O4S2.H3NO/c1-11-4-2-3-5-13(11)25(22,23)19-8-6-18(7-9-19)15-16-10-12(24-15)14(20)17-21;19-12(16-20)11-9-15-13(23-11)17-4-6-18(7-5-17)24(21,22)10-2-1-3-14-8-10;1-2/h2-5,10,21H,6-9H2,1H3,(H,17,20);1-3,8-9,20H,4-7H2,(H,16,19);2H,1H2. The van der Waals surface area contributed by atoms with Crippen molar-refractivity contribution in [1.29, 1.82) is 0 Å². The molecular weight excluding hydrogens is 749 g/mol. The maximum atomic E-state index is 12.8. The van der Waals surface area contributed by atoms with Crippen molar-refractivity contribution in [3.63, 3.8) is 0 Å². The molecule has 2 aliphatic heterocycles. The van der Waals surface area contributed by atoms with E-state index in [4.69, 9.17) is 15.6 Å². The van der Waals surface area contributed by atoms with Crippen LogP contribution in [-0.4, -0.2) is 120 Å². The molecule has 4 aromatic rings. The Morgan fingerprint density at radius 1 is 0.706 bits per heavy atom. The van der Waals surface area contributed by atoms with Gasteiger partial charge in [-0.2, -0.15) is 8.61 Å². The second-order valence-corrected chi connectivity index (χ2v) is 16.5. The SMILES string of the molecule is Cc1ccccc1S(=O)(=O)N1CCN(c2ncc(C(=O)NO)s2)CC1.NO.O=C(NO)c1cnc(N2CCN(S(=O)(=O)c3cccnc3)CC2)s1. The van der Waals surface area contributed by atoms with Gasteiger partial charge in [0.2, 0.25) is 20.0 Å². The van der Waals surface area contributed by atoms with Crippen molar-refractivity contribution in [2.45, 2.75) is 16.7 Å². The first kappa shape index (κ1) is 39.6. The van der Waals surface area contributed by atoms with Crippen molar-refractivity contribution < 1.29 is 42.0 Å². The van der Waals surface area contributed by atoms with Crippen molar-refractivity contribution in [2.75, 3.05) is 62.2 Å².